The highest BCUT2D eigenvalue weighted by atomic mass is 32.1. The molecule has 0 N–H and O–H groups in total. The van der Waals surface area contributed by atoms with Gasteiger partial charge in [-0.2, -0.15) is 0 Å². The summed E-state index contributed by atoms with van der Waals surface area (Å²) in [6.07, 6.45) is 3.70. The van der Waals surface area contributed by atoms with Crippen molar-refractivity contribution >= 4 is 22.9 Å². The number of thiazole rings is 1. The first-order chi connectivity index (χ1) is 15.7. The van der Waals surface area contributed by atoms with E-state index >= 15 is 0 Å². The fourth-order valence-electron chi connectivity index (χ4n) is 4.11. The quantitative estimate of drug-likeness (QED) is 0.460. The molecule has 0 atom stereocenters. The highest BCUT2D eigenvalue weighted by molar-refractivity contribution is 7.13. The van der Waals surface area contributed by atoms with E-state index in [1.807, 2.05) is 57.3 Å². The van der Waals surface area contributed by atoms with E-state index in [4.69, 9.17) is 9.47 Å². The zero-order valence-corrected chi connectivity index (χ0v) is 18.7. The van der Waals surface area contributed by atoms with E-state index in [0.29, 0.717) is 30.3 Å². The maximum Gasteiger partial charge on any atom is 0.273 e. The molecular formula is C23H23N5O3S. The largest absolute Gasteiger partial charge is 0.493 e. The van der Waals surface area contributed by atoms with Crippen LogP contribution in [0.25, 0.3) is 16.2 Å². The molecule has 32 heavy (non-hydrogen) atoms. The lowest BCUT2D eigenvalue weighted by molar-refractivity contribution is 0.0706. The van der Waals surface area contributed by atoms with Gasteiger partial charge in [0.05, 0.1) is 14.2 Å². The van der Waals surface area contributed by atoms with Crippen molar-refractivity contribution < 1.29 is 14.3 Å². The van der Waals surface area contributed by atoms with E-state index in [2.05, 4.69) is 15.2 Å². The van der Waals surface area contributed by atoms with Gasteiger partial charge in [-0.05, 0) is 43.2 Å². The number of hydrogen-bond acceptors (Lipinski definition) is 7. The number of carbonyl (C=O) groups excluding carboxylic acids is 1. The number of carbonyl (C=O) groups is 1. The number of piperidine rings is 1. The summed E-state index contributed by atoms with van der Waals surface area (Å²) in [6, 6.07) is 11.5. The molecule has 1 fully saturated rings. The summed E-state index contributed by atoms with van der Waals surface area (Å²) in [5, 5.41) is 11.3. The van der Waals surface area contributed by atoms with E-state index in [9.17, 15) is 4.79 Å². The predicted octanol–water partition coefficient (Wildman–Crippen LogP) is 3.89. The molecule has 8 nitrogen and oxygen atoms in total. The monoisotopic (exact) mass is 449 g/mol. The summed E-state index contributed by atoms with van der Waals surface area (Å²) in [6.45, 7) is 1.35. The number of ether oxygens (including phenoxy) is 2. The lowest BCUT2D eigenvalue weighted by Gasteiger charge is -2.30. The number of pyridine rings is 1. The fourth-order valence-corrected chi connectivity index (χ4v) is 4.91. The van der Waals surface area contributed by atoms with Crippen molar-refractivity contribution in [2.75, 3.05) is 27.3 Å². The third-order valence-electron chi connectivity index (χ3n) is 5.84. The Bertz CT molecular complexity index is 1260. The fraction of sp³-hybridized carbons (Fsp3) is 0.304. The second-order valence-electron chi connectivity index (χ2n) is 7.66. The average Bonchev–Trinajstić information content (AvgIpc) is 3.51. The van der Waals surface area contributed by atoms with Gasteiger partial charge in [-0.1, -0.05) is 6.07 Å². The Morgan fingerprint density at radius 2 is 1.88 bits per heavy atom. The van der Waals surface area contributed by atoms with Crippen LogP contribution in [0.5, 0.6) is 11.5 Å². The first-order valence-corrected chi connectivity index (χ1v) is 11.3. The van der Waals surface area contributed by atoms with Crippen LogP contribution in [-0.4, -0.2) is 57.7 Å². The van der Waals surface area contributed by atoms with Crippen molar-refractivity contribution in [3.63, 3.8) is 0 Å². The normalized spacial score (nSPS) is 14.6. The van der Waals surface area contributed by atoms with E-state index in [1.54, 1.807) is 14.2 Å². The molecule has 0 aliphatic carbocycles. The van der Waals surface area contributed by atoms with Gasteiger partial charge >= 0.3 is 0 Å². The molecule has 4 heterocycles. The van der Waals surface area contributed by atoms with Crippen LogP contribution in [0.4, 0.5) is 0 Å². The van der Waals surface area contributed by atoms with Gasteiger partial charge in [0.2, 0.25) is 0 Å². The Morgan fingerprint density at radius 3 is 2.66 bits per heavy atom. The number of benzene rings is 1. The van der Waals surface area contributed by atoms with Gasteiger partial charge in [0.1, 0.15) is 16.5 Å². The first kappa shape index (κ1) is 20.4. The third-order valence-corrected chi connectivity index (χ3v) is 6.73. The molecule has 1 aliphatic rings. The van der Waals surface area contributed by atoms with Gasteiger partial charge in [0, 0.05) is 36.1 Å². The maximum atomic E-state index is 13.1. The van der Waals surface area contributed by atoms with Crippen molar-refractivity contribution in [3.8, 4) is 22.1 Å². The van der Waals surface area contributed by atoms with E-state index in [0.717, 1.165) is 34.9 Å². The van der Waals surface area contributed by atoms with Gasteiger partial charge < -0.3 is 14.4 Å². The Balaban J connectivity index is 1.28. The van der Waals surface area contributed by atoms with E-state index in [1.165, 1.54) is 11.3 Å². The summed E-state index contributed by atoms with van der Waals surface area (Å²) in [5.74, 6) is 2.52. The molecular weight excluding hydrogens is 426 g/mol. The first-order valence-electron chi connectivity index (χ1n) is 10.4. The molecule has 1 aliphatic heterocycles. The average molecular weight is 450 g/mol. The molecule has 4 aromatic rings. The molecule has 0 bridgehead atoms. The topological polar surface area (TPSA) is 81.9 Å². The van der Waals surface area contributed by atoms with Gasteiger partial charge in [-0.25, -0.2) is 4.98 Å². The number of hydrogen-bond donors (Lipinski definition) is 0. The molecule has 9 heteroatoms. The molecule has 0 spiro atoms. The van der Waals surface area contributed by atoms with E-state index < -0.39 is 0 Å². The molecule has 3 aromatic heterocycles. The summed E-state index contributed by atoms with van der Waals surface area (Å²) in [5.41, 5.74) is 2.22. The van der Waals surface area contributed by atoms with Gasteiger partial charge in [-0.3, -0.25) is 9.20 Å². The van der Waals surface area contributed by atoms with Crippen molar-refractivity contribution in [1.82, 2.24) is 24.5 Å². The van der Waals surface area contributed by atoms with Crippen LogP contribution in [0.1, 0.15) is 35.1 Å². The molecule has 1 saturated heterocycles. The molecule has 164 valence electrons. The summed E-state index contributed by atoms with van der Waals surface area (Å²) in [4.78, 5) is 19.5. The van der Waals surface area contributed by atoms with Crippen LogP contribution < -0.4 is 9.47 Å². The van der Waals surface area contributed by atoms with Crippen molar-refractivity contribution in [2.45, 2.75) is 18.8 Å². The van der Waals surface area contributed by atoms with Gasteiger partial charge in [-0.15, -0.1) is 21.5 Å². The molecule has 1 amide bonds. The lowest BCUT2D eigenvalue weighted by atomic mass is 9.96. The smallest absolute Gasteiger partial charge is 0.273 e. The second-order valence-corrected chi connectivity index (χ2v) is 8.52. The number of aromatic nitrogens is 4. The van der Waals surface area contributed by atoms with E-state index in [-0.39, 0.29) is 11.8 Å². The van der Waals surface area contributed by atoms with Crippen LogP contribution in [0, 0.1) is 0 Å². The zero-order chi connectivity index (χ0) is 22.1. The number of methoxy groups -OCH3 is 2. The number of nitrogens with zero attached hydrogens (tertiary/aromatic N) is 5. The maximum absolute atomic E-state index is 13.1. The Labute approximate surface area is 189 Å². The third kappa shape index (κ3) is 3.69. The van der Waals surface area contributed by atoms with Crippen LogP contribution >= 0.6 is 11.3 Å². The molecule has 0 radical (unpaired) electrons. The SMILES string of the molecule is COc1ccc(-c2nc(C(=O)N3CCC(c4nnc5ccccn45)CC3)cs2)cc1OC. The molecule has 1 aromatic carbocycles. The van der Waals surface area contributed by atoms with Crippen LogP contribution in [0.3, 0.4) is 0 Å². The van der Waals surface area contributed by atoms with Crippen LogP contribution in [0.15, 0.2) is 48.0 Å². The number of amides is 1. The summed E-state index contributed by atoms with van der Waals surface area (Å²) >= 11 is 1.45. The summed E-state index contributed by atoms with van der Waals surface area (Å²) < 4.78 is 12.7. The number of rotatable bonds is 5. The van der Waals surface area contributed by atoms with Crippen molar-refractivity contribution in [2.24, 2.45) is 0 Å². The zero-order valence-electron chi connectivity index (χ0n) is 17.9. The minimum Gasteiger partial charge on any atom is -0.493 e. The standard InChI is InChI=1S/C23H23N5O3S/c1-30-18-7-6-16(13-19(18)31-2)22-24-17(14-32-22)23(29)27-11-8-15(9-12-27)21-26-25-20-5-3-4-10-28(20)21/h3-7,10,13-15H,8-9,11-12H2,1-2H3. The van der Waals surface area contributed by atoms with Crippen molar-refractivity contribution in [1.29, 1.82) is 0 Å². The second kappa shape index (κ2) is 8.58. The molecule has 0 unspecified atom stereocenters. The minimum atomic E-state index is -0.0301. The number of fused-ring (bicyclic) bond motifs is 1. The summed E-state index contributed by atoms with van der Waals surface area (Å²) in [7, 11) is 3.21. The number of likely N-dealkylation sites (tertiary alicyclic amines) is 1. The Kier molecular flexibility index (Phi) is 5.48. The highest BCUT2D eigenvalue weighted by Crippen LogP contribution is 2.34. The Hall–Kier alpha value is -3.46. The van der Waals surface area contributed by atoms with Gasteiger partial charge in [0.15, 0.2) is 17.1 Å². The predicted molar refractivity (Wildman–Crippen MR) is 122 cm³/mol. The highest BCUT2D eigenvalue weighted by Gasteiger charge is 2.28. The van der Waals surface area contributed by atoms with Crippen LogP contribution in [0.2, 0.25) is 0 Å². The molecule has 0 saturated carbocycles. The van der Waals surface area contributed by atoms with Crippen LogP contribution in [-0.2, 0) is 0 Å². The Morgan fingerprint density at radius 1 is 1.06 bits per heavy atom. The lowest BCUT2D eigenvalue weighted by Crippen LogP contribution is -2.38. The molecule has 5 rings (SSSR count). The van der Waals surface area contributed by atoms with Crippen molar-refractivity contribution in [3.05, 3.63) is 59.5 Å². The van der Waals surface area contributed by atoms with Gasteiger partial charge in [0.25, 0.3) is 5.91 Å². The minimum absolute atomic E-state index is 0.0301.